The highest BCUT2D eigenvalue weighted by molar-refractivity contribution is 7.99. The average molecular weight is 445 g/mol. The number of halogens is 2. The summed E-state index contributed by atoms with van der Waals surface area (Å²) in [6, 6.07) is 5.62. The van der Waals surface area contributed by atoms with Gasteiger partial charge in [-0.2, -0.15) is 5.10 Å². The minimum atomic E-state index is -2.63. The summed E-state index contributed by atoms with van der Waals surface area (Å²) >= 11 is 1.32. The molecule has 0 spiro atoms. The van der Waals surface area contributed by atoms with Crippen molar-refractivity contribution < 1.29 is 13.2 Å². The van der Waals surface area contributed by atoms with Crippen LogP contribution in [0.25, 0.3) is 22.1 Å². The van der Waals surface area contributed by atoms with E-state index < -0.39 is 5.92 Å². The van der Waals surface area contributed by atoms with Gasteiger partial charge in [0.1, 0.15) is 10.9 Å². The summed E-state index contributed by atoms with van der Waals surface area (Å²) in [5.41, 5.74) is 2.69. The maximum Gasteiger partial charge on any atom is 0.262 e. The number of hydrogen-bond acceptors (Lipinski definition) is 6. The maximum atomic E-state index is 13.5. The lowest BCUT2D eigenvalue weighted by Crippen LogP contribution is -2.27. The lowest BCUT2D eigenvalue weighted by Gasteiger charge is -2.28. The van der Waals surface area contributed by atoms with Gasteiger partial charge in [0.05, 0.1) is 17.5 Å². The van der Waals surface area contributed by atoms with Crippen molar-refractivity contribution in [2.24, 2.45) is 0 Å². The number of aryl methyl sites for hydroxylation is 1. The summed E-state index contributed by atoms with van der Waals surface area (Å²) in [7, 11) is 0. The predicted molar refractivity (Wildman–Crippen MR) is 114 cm³/mol. The highest BCUT2D eigenvalue weighted by Gasteiger charge is 2.36. The zero-order valence-electron chi connectivity index (χ0n) is 17.1. The third-order valence-corrected chi connectivity index (χ3v) is 6.64. The maximum absolute atomic E-state index is 13.5. The second kappa shape index (κ2) is 7.44. The van der Waals surface area contributed by atoms with Crippen molar-refractivity contribution >= 4 is 33.9 Å². The van der Waals surface area contributed by atoms with Gasteiger partial charge < -0.3 is 9.40 Å². The zero-order valence-corrected chi connectivity index (χ0v) is 17.9. The van der Waals surface area contributed by atoms with E-state index in [-0.39, 0.29) is 29.7 Å². The van der Waals surface area contributed by atoms with E-state index in [1.54, 1.807) is 4.68 Å². The van der Waals surface area contributed by atoms with Crippen LogP contribution in [0.1, 0.15) is 55.4 Å². The number of nitrogens with zero attached hydrogens (tertiary/aromatic N) is 4. The summed E-state index contributed by atoms with van der Waals surface area (Å²) < 4.78 is 34.6. The van der Waals surface area contributed by atoms with Crippen molar-refractivity contribution in [3.63, 3.8) is 0 Å². The number of aromatic nitrogens is 5. The van der Waals surface area contributed by atoms with Gasteiger partial charge in [0, 0.05) is 12.8 Å². The molecule has 3 aromatic heterocycles. The number of thioether (sulfide) groups is 1. The van der Waals surface area contributed by atoms with Crippen LogP contribution >= 0.6 is 11.8 Å². The molecular weight excluding hydrogens is 424 g/mol. The highest BCUT2D eigenvalue weighted by Crippen LogP contribution is 2.39. The van der Waals surface area contributed by atoms with Crippen molar-refractivity contribution in [3.8, 4) is 0 Å². The quantitative estimate of drug-likeness (QED) is 0.344. The van der Waals surface area contributed by atoms with Gasteiger partial charge in [-0.25, -0.2) is 23.4 Å². The van der Waals surface area contributed by atoms with Crippen LogP contribution in [0.2, 0.25) is 0 Å². The van der Waals surface area contributed by atoms with Crippen LogP contribution in [0, 0.1) is 6.92 Å². The molecule has 4 aromatic rings. The molecule has 3 heterocycles. The fourth-order valence-electron chi connectivity index (χ4n) is 3.95. The van der Waals surface area contributed by atoms with Crippen molar-refractivity contribution in [2.75, 3.05) is 0 Å². The van der Waals surface area contributed by atoms with Crippen molar-refractivity contribution in [1.29, 1.82) is 0 Å². The Bertz CT molecular complexity index is 1320. The first-order valence-electron chi connectivity index (χ1n) is 10.2. The Labute approximate surface area is 180 Å². The van der Waals surface area contributed by atoms with Gasteiger partial charge in [-0.05, 0) is 44.4 Å². The molecule has 1 saturated carbocycles. The summed E-state index contributed by atoms with van der Waals surface area (Å²) in [4.78, 5) is 24.5. The molecule has 0 amide bonds. The molecule has 1 fully saturated rings. The number of benzene rings is 1. The minimum Gasteiger partial charge on any atom is -0.439 e. The van der Waals surface area contributed by atoms with Gasteiger partial charge in [-0.3, -0.25) is 4.79 Å². The molecule has 1 atom stereocenters. The number of aromatic amines is 1. The van der Waals surface area contributed by atoms with E-state index >= 15 is 0 Å². The van der Waals surface area contributed by atoms with Crippen LogP contribution in [0.4, 0.5) is 8.78 Å². The first-order chi connectivity index (χ1) is 14.8. The second-order valence-electron chi connectivity index (χ2n) is 8.07. The standard InChI is InChI=1S/C21H21F2N5O2S/c1-11-3-4-15-16(9-11)30-19(25-15)12(2)31-20-26-17-14(18(29)27-20)10-24-28(17)13-5-7-21(22,23)8-6-13/h3-4,9-10,12-13H,5-8H2,1-2H3,(H,26,27,29). The molecule has 1 aromatic carbocycles. The Morgan fingerprint density at radius 1 is 1.29 bits per heavy atom. The molecule has 0 aliphatic heterocycles. The van der Waals surface area contributed by atoms with Gasteiger partial charge in [0.2, 0.25) is 11.8 Å². The lowest BCUT2D eigenvalue weighted by atomic mass is 9.92. The van der Waals surface area contributed by atoms with Crippen LogP contribution in [0.3, 0.4) is 0 Å². The van der Waals surface area contributed by atoms with E-state index in [1.165, 1.54) is 18.0 Å². The number of hydrogen-bond donors (Lipinski definition) is 1. The summed E-state index contributed by atoms with van der Waals surface area (Å²) in [6.45, 7) is 3.91. The van der Waals surface area contributed by atoms with Crippen molar-refractivity contribution in [2.45, 2.75) is 61.9 Å². The van der Waals surface area contributed by atoms with E-state index in [0.717, 1.165) is 11.1 Å². The highest BCUT2D eigenvalue weighted by atomic mass is 32.2. The van der Waals surface area contributed by atoms with E-state index in [2.05, 4.69) is 20.1 Å². The fourth-order valence-corrected chi connectivity index (χ4v) is 4.78. The monoisotopic (exact) mass is 445 g/mol. The molecule has 31 heavy (non-hydrogen) atoms. The Kier molecular flexibility index (Phi) is 4.84. The predicted octanol–water partition coefficient (Wildman–Crippen LogP) is 5.17. The molecule has 0 bridgehead atoms. The third-order valence-electron chi connectivity index (χ3n) is 5.67. The first-order valence-corrected chi connectivity index (χ1v) is 11.1. The van der Waals surface area contributed by atoms with Crippen LogP contribution in [-0.2, 0) is 0 Å². The van der Waals surface area contributed by atoms with Gasteiger partial charge in [0.15, 0.2) is 16.4 Å². The van der Waals surface area contributed by atoms with Crippen LogP contribution < -0.4 is 5.56 Å². The molecule has 1 unspecified atom stereocenters. The summed E-state index contributed by atoms with van der Waals surface area (Å²) in [5, 5.41) is 4.86. The SMILES string of the molecule is Cc1ccc2nc(C(C)Sc3nc4c(cnn4C4CCC(F)(F)CC4)c(=O)[nH]3)oc2c1. The fraction of sp³-hybridized carbons (Fsp3) is 0.429. The Balaban J connectivity index is 1.43. The normalized spacial score (nSPS) is 18.1. The number of rotatable bonds is 4. The molecule has 0 saturated heterocycles. The number of oxazole rings is 1. The van der Waals surface area contributed by atoms with Gasteiger partial charge in [-0.15, -0.1) is 0 Å². The topological polar surface area (TPSA) is 89.6 Å². The smallest absolute Gasteiger partial charge is 0.262 e. The molecule has 7 nitrogen and oxygen atoms in total. The van der Waals surface area contributed by atoms with E-state index in [0.29, 0.717) is 40.5 Å². The molecule has 10 heteroatoms. The average Bonchev–Trinajstić information content (AvgIpc) is 3.32. The first kappa shape index (κ1) is 20.2. The molecule has 1 aliphatic carbocycles. The van der Waals surface area contributed by atoms with Gasteiger partial charge in [0.25, 0.3) is 5.56 Å². The molecule has 5 rings (SSSR count). The molecule has 162 valence electrons. The van der Waals surface area contributed by atoms with Crippen molar-refractivity contribution in [3.05, 3.63) is 46.2 Å². The van der Waals surface area contributed by atoms with Crippen LogP contribution in [-0.4, -0.2) is 30.7 Å². The third kappa shape index (κ3) is 3.84. The Morgan fingerprint density at radius 2 is 2.06 bits per heavy atom. The summed E-state index contributed by atoms with van der Waals surface area (Å²) in [6.07, 6.45) is 1.70. The van der Waals surface area contributed by atoms with E-state index in [9.17, 15) is 13.6 Å². The minimum absolute atomic E-state index is 0.182. The molecule has 1 N–H and O–H groups in total. The number of fused-ring (bicyclic) bond motifs is 2. The molecule has 0 radical (unpaired) electrons. The van der Waals surface area contributed by atoms with Crippen molar-refractivity contribution in [1.82, 2.24) is 24.7 Å². The Hall–Kier alpha value is -2.75. The number of H-pyrrole nitrogens is 1. The van der Waals surface area contributed by atoms with Gasteiger partial charge >= 0.3 is 0 Å². The number of nitrogens with one attached hydrogen (secondary N) is 1. The van der Waals surface area contributed by atoms with Gasteiger partial charge in [-0.1, -0.05) is 17.8 Å². The van der Waals surface area contributed by atoms with E-state index in [4.69, 9.17) is 4.42 Å². The number of alkyl halides is 2. The van der Waals surface area contributed by atoms with Crippen LogP contribution in [0.5, 0.6) is 0 Å². The molecular formula is C21H21F2N5O2S. The second-order valence-corrected chi connectivity index (χ2v) is 9.40. The zero-order chi connectivity index (χ0) is 21.8. The Morgan fingerprint density at radius 3 is 2.84 bits per heavy atom. The molecule has 1 aliphatic rings. The largest absolute Gasteiger partial charge is 0.439 e. The van der Waals surface area contributed by atoms with Crippen LogP contribution in [0.15, 0.2) is 38.8 Å². The van der Waals surface area contributed by atoms with E-state index in [1.807, 2.05) is 32.0 Å². The lowest BCUT2D eigenvalue weighted by molar-refractivity contribution is -0.0446. The summed E-state index contributed by atoms with van der Waals surface area (Å²) in [5.74, 6) is -2.09.